The van der Waals surface area contributed by atoms with Crippen molar-refractivity contribution in [3.8, 4) is 0 Å². The van der Waals surface area contributed by atoms with Gasteiger partial charge in [0.1, 0.15) is 5.82 Å². The van der Waals surface area contributed by atoms with E-state index in [9.17, 15) is 4.39 Å². The molecule has 3 nitrogen and oxygen atoms in total. The quantitative estimate of drug-likeness (QED) is 0.916. The number of aromatic nitrogens is 2. The molecule has 0 unspecified atom stereocenters. The molecular formula is C18H24FN3. The van der Waals surface area contributed by atoms with Gasteiger partial charge in [-0.05, 0) is 56.1 Å². The van der Waals surface area contributed by atoms with Gasteiger partial charge in [-0.2, -0.15) is 5.10 Å². The van der Waals surface area contributed by atoms with E-state index in [1.807, 2.05) is 12.1 Å². The highest BCUT2D eigenvalue weighted by Gasteiger charge is 2.20. The Labute approximate surface area is 131 Å². The fourth-order valence-electron chi connectivity index (χ4n) is 3.22. The zero-order valence-corrected chi connectivity index (χ0v) is 13.2. The third-order valence-electron chi connectivity index (χ3n) is 4.35. The van der Waals surface area contributed by atoms with E-state index in [0.717, 1.165) is 43.7 Å². The Hall–Kier alpha value is -1.68. The molecule has 1 aromatic carbocycles. The highest BCUT2D eigenvalue weighted by atomic mass is 19.1. The Bertz CT molecular complexity index is 597. The minimum atomic E-state index is -0.185. The van der Waals surface area contributed by atoms with Crippen LogP contribution in [0.2, 0.25) is 0 Å². The number of aryl methyl sites for hydroxylation is 1. The molecule has 0 atom stereocenters. The second kappa shape index (κ2) is 7.05. The second-order valence-corrected chi connectivity index (χ2v) is 6.11. The maximum atomic E-state index is 13.0. The molecule has 0 amide bonds. The lowest BCUT2D eigenvalue weighted by Gasteiger charge is -2.23. The van der Waals surface area contributed by atoms with E-state index in [2.05, 4.69) is 23.0 Å². The van der Waals surface area contributed by atoms with Gasteiger partial charge in [-0.15, -0.1) is 0 Å². The first kappa shape index (κ1) is 15.2. The van der Waals surface area contributed by atoms with Gasteiger partial charge in [0.25, 0.3) is 0 Å². The number of nitrogens with zero attached hydrogens (tertiary/aromatic N) is 2. The van der Waals surface area contributed by atoms with E-state index in [-0.39, 0.29) is 5.82 Å². The predicted octanol–water partition coefficient (Wildman–Crippen LogP) is 3.49. The number of rotatable bonds is 5. The Kier molecular flexibility index (Phi) is 4.88. The van der Waals surface area contributed by atoms with Crippen molar-refractivity contribution in [3.63, 3.8) is 0 Å². The predicted molar refractivity (Wildman–Crippen MR) is 86.6 cm³/mol. The highest BCUT2D eigenvalue weighted by molar-refractivity contribution is 5.25. The van der Waals surface area contributed by atoms with Crippen molar-refractivity contribution in [1.82, 2.24) is 15.1 Å². The average Bonchev–Trinajstić information content (AvgIpc) is 2.93. The monoisotopic (exact) mass is 301 g/mol. The van der Waals surface area contributed by atoms with Crippen LogP contribution in [0.25, 0.3) is 0 Å². The topological polar surface area (TPSA) is 29.9 Å². The summed E-state index contributed by atoms with van der Waals surface area (Å²) < 4.78 is 15.2. The van der Waals surface area contributed by atoms with Crippen molar-refractivity contribution in [2.75, 3.05) is 13.1 Å². The fourth-order valence-corrected chi connectivity index (χ4v) is 3.22. The lowest BCUT2D eigenvalue weighted by molar-refractivity contribution is 0.427. The zero-order valence-electron chi connectivity index (χ0n) is 13.2. The summed E-state index contributed by atoms with van der Waals surface area (Å²) in [5, 5.41) is 8.22. The third kappa shape index (κ3) is 3.55. The number of benzene rings is 1. The molecule has 1 fully saturated rings. The number of hydrogen-bond acceptors (Lipinski definition) is 2. The van der Waals surface area contributed by atoms with Gasteiger partial charge in [0.05, 0.1) is 5.69 Å². The van der Waals surface area contributed by atoms with Crippen LogP contribution in [0.3, 0.4) is 0 Å². The molecule has 1 aliphatic rings. The SMILES string of the molecule is CCCn1nc(Cc2ccc(F)cc2)cc1C1CCNCC1. The molecule has 1 aromatic heterocycles. The molecular weight excluding hydrogens is 277 g/mol. The molecule has 22 heavy (non-hydrogen) atoms. The van der Waals surface area contributed by atoms with Crippen LogP contribution >= 0.6 is 0 Å². The molecule has 2 aromatic rings. The summed E-state index contributed by atoms with van der Waals surface area (Å²) in [7, 11) is 0. The van der Waals surface area contributed by atoms with Gasteiger partial charge < -0.3 is 5.32 Å². The van der Waals surface area contributed by atoms with E-state index in [4.69, 9.17) is 5.10 Å². The van der Waals surface area contributed by atoms with Crippen LogP contribution in [-0.4, -0.2) is 22.9 Å². The highest BCUT2D eigenvalue weighted by Crippen LogP contribution is 2.26. The summed E-state index contributed by atoms with van der Waals surface area (Å²) in [5.41, 5.74) is 3.58. The van der Waals surface area contributed by atoms with Crippen LogP contribution < -0.4 is 5.32 Å². The smallest absolute Gasteiger partial charge is 0.123 e. The van der Waals surface area contributed by atoms with Crippen LogP contribution in [0.4, 0.5) is 4.39 Å². The Morgan fingerprint density at radius 2 is 1.95 bits per heavy atom. The van der Waals surface area contributed by atoms with Crippen molar-refractivity contribution in [2.24, 2.45) is 0 Å². The molecule has 0 aliphatic carbocycles. The van der Waals surface area contributed by atoms with Gasteiger partial charge in [0.2, 0.25) is 0 Å². The van der Waals surface area contributed by atoms with Gasteiger partial charge in [-0.3, -0.25) is 4.68 Å². The third-order valence-corrected chi connectivity index (χ3v) is 4.35. The molecule has 0 saturated carbocycles. The van der Waals surface area contributed by atoms with E-state index >= 15 is 0 Å². The summed E-state index contributed by atoms with van der Waals surface area (Å²) in [6.07, 6.45) is 4.24. The first-order chi connectivity index (χ1) is 10.8. The lowest BCUT2D eigenvalue weighted by atomic mass is 9.94. The van der Waals surface area contributed by atoms with Crippen LogP contribution in [0.5, 0.6) is 0 Å². The Morgan fingerprint density at radius 1 is 1.23 bits per heavy atom. The molecule has 0 radical (unpaired) electrons. The second-order valence-electron chi connectivity index (χ2n) is 6.11. The summed E-state index contributed by atoms with van der Waals surface area (Å²) in [4.78, 5) is 0. The first-order valence-electron chi connectivity index (χ1n) is 8.28. The van der Waals surface area contributed by atoms with Crippen molar-refractivity contribution in [3.05, 3.63) is 53.1 Å². The Balaban J connectivity index is 1.80. The first-order valence-corrected chi connectivity index (χ1v) is 8.28. The van der Waals surface area contributed by atoms with E-state index in [1.165, 1.54) is 30.7 Å². The summed E-state index contributed by atoms with van der Waals surface area (Å²) in [5.74, 6) is 0.429. The van der Waals surface area contributed by atoms with Crippen molar-refractivity contribution < 1.29 is 4.39 Å². The minimum Gasteiger partial charge on any atom is -0.317 e. The number of piperidine rings is 1. The van der Waals surface area contributed by atoms with Crippen molar-refractivity contribution in [2.45, 2.75) is 45.1 Å². The molecule has 4 heteroatoms. The fraction of sp³-hybridized carbons (Fsp3) is 0.500. The lowest BCUT2D eigenvalue weighted by Crippen LogP contribution is -2.27. The van der Waals surface area contributed by atoms with Gasteiger partial charge in [-0.25, -0.2) is 4.39 Å². The summed E-state index contributed by atoms with van der Waals surface area (Å²) >= 11 is 0. The van der Waals surface area contributed by atoms with Crippen LogP contribution in [0, 0.1) is 5.82 Å². The van der Waals surface area contributed by atoms with Crippen LogP contribution in [0.15, 0.2) is 30.3 Å². The van der Waals surface area contributed by atoms with Crippen molar-refractivity contribution in [1.29, 1.82) is 0 Å². The molecule has 0 bridgehead atoms. The average molecular weight is 301 g/mol. The van der Waals surface area contributed by atoms with E-state index in [1.54, 1.807) is 0 Å². The molecule has 1 N–H and O–H groups in total. The summed E-state index contributed by atoms with van der Waals surface area (Å²) in [6.45, 7) is 5.35. The number of nitrogens with one attached hydrogen (secondary N) is 1. The molecule has 1 aliphatic heterocycles. The standard InChI is InChI=1S/C18H24FN3/c1-2-11-22-18(15-7-9-20-10-8-15)13-17(21-22)12-14-3-5-16(19)6-4-14/h3-6,13,15,20H,2,7-12H2,1H3. The van der Waals surface area contributed by atoms with E-state index in [0.29, 0.717) is 5.92 Å². The minimum absolute atomic E-state index is 0.185. The number of hydrogen-bond donors (Lipinski definition) is 1. The van der Waals surface area contributed by atoms with Gasteiger partial charge in [0, 0.05) is 24.6 Å². The number of halogens is 1. The Morgan fingerprint density at radius 3 is 2.64 bits per heavy atom. The van der Waals surface area contributed by atoms with Crippen LogP contribution in [0.1, 0.15) is 49.1 Å². The molecule has 0 spiro atoms. The maximum Gasteiger partial charge on any atom is 0.123 e. The maximum absolute atomic E-state index is 13.0. The largest absolute Gasteiger partial charge is 0.317 e. The molecule has 1 saturated heterocycles. The van der Waals surface area contributed by atoms with E-state index < -0.39 is 0 Å². The normalized spacial score (nSPS) is 16.1. The summed E-state index contributed by atoms with van der Waals surface area (Å²) in [6, 6.07) is 8.99. The van der Waals surface area contributed by atoms with Gasteiger partial charge >= 0.3 is 0 Å². The molecule has 2 heterocycles. The molecule has 3 rings (SSSR count). The van der Waals surface area contributed by atoms with Gasteiger partial charge in [0.15, 0.2) is 0 Å². The zero-order chi connectivity index (χ0) is 15.4. The van der Waals surface area contributed by atoms with Gasteiger partial charge in [-0.1, -0.05) is 19.1 Å². The van der Waals surface area contributed by atoms with Crippen LogP contribution in [-0.2, 0) is 13.0 Å². The van der Waals surface area contributed by atoms with Crippen molar-refractivity contribution >= 4 is 0 Å². The molecule has 118 valence electrons.